The predicted molar refractivity (Wildman–Crippen MR) is 128 cm³/mol. The van der Waals surface area contributed by atoms with Gasteiger partial charge < -0.3 is 9.88 Å². The number of nitrogens with zero attached hydrogens (tertiary/aromatic N) is 5. The number of aromatic nitrogens is 6. The highest BCUT2D eigenvalue weighted by Crippen LogP contribution is 2.40. The maximum Gasteiger partial charge on any atom is 0.277 e. The Kier molecular flexibility index (Phi) is 5.36. The van der Waals surface area contributed by atoms with Gasteiger partial charge in [0, 0.05) is 35.3 Å². The molecule has 0 spiro atoms. The maximum absolute atomic E-state index is 13.4. The van der Waals surface area contributed by atoms with Crippen LogP contribution in [0.25, 0.3) is 17.0 Å². The Hall–Kier alpha value is -3.20. The fraction of sp³-hybridized carbons (Fsp3) is 0.417. The van der Waals surface area contributed by atoms with Crippen molar-refractivity contribution >= 4 is 28.6 Å². The largest absolute Gasteiger partial charge is 0.341 e. The first-order chi connectivity index (χ1) is 16.5. The third-order valence-corrected chi connectivity index (χ3v) is 7.19. The Labute approximate surface area is 200 Å². The third kappa shape index (κ3) is 4.09. The lowest BCUT2D eigenvalue weighted by atomic mass is 9.90. The van der Waals surface area contributed by atoms with Crippen molar-refractivity contribution in [3.63, 3.8) is 0 Å². The number of nitrogens with one attached hydrogen (secondary N) is 2. The van der Waals surface area contributed by atoms with Crippen molar-refractivity contribution in [2.45, 2.75) is 44.4 Å². The van der Waals surface area contributed by atoms with Gasteiger partial charge in [0.15, 0.2) is 5.82 Å². The molecule has 8 nitrogen and oxygen atoms in total. The highest BCUT2D eigenvalue weighted by molar-refractivity contribution is 6.31. The highest BCUT2D eigenvalue weighted by Gasteiger charge is 2.31. The van der Waals surface area contributed by atoms with Crippen LogP contribution >= 0.6 is 11.6 Å². The van der Waals surface area contributed by atoms with Crippen molar-refractivity contribution in [2.75, 3.05) is 18.0 Å². The van der Waals surface area contributed by atoms with Crippen molar-refractivity contribution < 1.29 is 4.39 Å². The fourth-order valence-electron chi connectivity index (χ4n) is 4.90. The number of halogens is 2. The van der Waals surface area contributed by atoms with E-state index in [-0.39, 0.29) is 5.56 Å². The SMILES string of the molecule is O=c1c(CCC2CCN(c3ncc(F)cn3)CC2)c(C2CC2)[nH]n1-c1nc2ccc(Cl)cc2[nH]1. The summed E-state index contributed by atoms with van der Waals surface area (Å²) in [4.78, 5) is 31.5. The minimum absolute atomic E-state index is 0.0239. The predicted octanol–water partition coefficient (Wildman–Crippen LogP) is 4.35. The first-order valence-electron chi connectivity index (χ1n) is 11.8. The molecule has 4 aromatic rings. The van der Waals surface area contributed by atoms with Gasteiger partial charge >= 0.3 is 0 Å². The van der Waals surface area contributed by atoms with Gasteiger partial charge in [-0.25, -0.2) is 19.3 Å². The van der Waals surface area contributed by atoms with Crippen LogP contribution in [0.5, 0.6) is 0 Å². The van der Waals surface area contributed by atoms with E-state index in [9.17, 15) is 9.18 Å². The van der Waals surface area contributed by atoms with Crippen LogP contribution in [0.1, 0.15) is 49.3 Å². The second kappa shape index (κ2) is 8.54. The van der Waals surface area contributed by atoms with Gasteiger partial charge in [0.25, 0.3) is 5.56 Å². The van der Waals surface area contributed by atoms with Crippen molar-refractivity contribution in [1.82, 2.24) is 29.7 Å². The Balaban J connectivity index is 1.17. The number of imidazole rings is 1. The quantitative estimate of drug-likeness (QED) is 0.427. The summed E-state index contributed by atoms with van der Waals surface area (Å²) in [5, 5.41) is 3.97. The number of hydrogen-bond acceptors (Lipinski definition) is 5. The van der Waals surface area contributed by atoms with Crippen LogP contribution in [0.4, 0.5) is 10.3 Å². The van der Waals surface area contributed by atoms with Gasteiger partial charge in [-0.1, -0.05) is 11.6 Å². The van der Waals surface area contributed by atoms with Crippen molar-refractivity contribution in [3.05, 3.63) is 63.0 Å². The molecule has 1 saturated heterocycles. The number of piperidine rings is 1. The summed E-state index contributed by atoms with van der Waals surface area (Å²) >= 11 is 6.10. The Bertz CT molecular complexity index is 1380. The lowest BCUT2D eigenvalue weighted by Gasteiger charge is -2.31. The summed E-state index contributed by atoms with van der Waals surface area (Å²) < 4.78 is 14.6. The van der Waals surface area contributed by atoms with Crippen molar-refractivity contribution in [2.24, 2.45) is 5.92 Å². The molecule has 176 valence electrons. The molecule has 1 aliphatic carbocycles. The van der Waals surface area contributed by atoms with E-state index in [0.717, 1.165) is 73.9 Å². The average molecular weight is 482 g/mol. The zero-order valence-corrected chi connectivity index (χ0v) is 19.4. The molecule has 0 radical (unpaired) electrons. The summed E-state index contributed by atoms with van der Waals surface area (Å²) in [5.41, 5.74) is 3.48. The molecule has 1 aromatic carbocycles. The molecule has 2 aliphatic rings. The molecule has 1 saturated carbocycles. The van der Waals surface area contributed by atoms with E-state index in [0.29, 0.717) is 28.8 Å². The second-order valence-electron chi connectivity index (χ2n) is 9.31. The molecule has 0 atom stereocenters. The number of fused-ring (bicyclic) bond motifs is 1. The zero-order chi connectivity index (χ0) is 23.2. The summed E-state index contributed by atoms with van der Waals surface area (Å²) in [6.45, 7) is 1.68. The number of anilines is 1. The highest BCUT2D eigenvalue weighted by atomic mass is 35.5. The van der Waals surface area contributed by atoms with E-state index in [2.05, 4.69) is 29.9 Å². The van der Waals surface area contributed by atoms with Crippen LogP contribution in [-0.4, -0.2) is 42.8 Å². The van der Waals surface area contributed by atoms with Gasteiger partial charge in [0.1, 0.15) is 0 Å². The van der Waals surface area contributed by atoms with Gasteiger partial charge in [-0.15, -0.1) is 0 Å². The molecule has 6 rings (SSSR count). The fourth-order valence-corrected chi connectivity index (χ4v) is 5.07. The topological polar surface area (TPSA) is 95.5 Å². The number of H-pyrrole nitrogens is 2. The van der Waals surface area contributed by atoms with E-state index in [1.54, 1.807) is 10.7 Å². The van der Waals surface area contributed by atoms with Gasteiger partial charge in [-0.2, -0.15) is 4.68 Å². The number of aromatic amines is 2. The smallest absolute Gasteiger partial charge is 0.277 e. The Morgan fingerprint density at radius 2 is 1.88 bits per heavy atom. The van der Waals surface area contributed by atoms with E-state index in [1.165, 1.54) is 12.4 Å². The summed E-state index contributed by atoms with van der Waals surface area (Å²) in [6, 6.07) is 5.45. The first kappa shape index (κ1) is 21.3. The molecule has 34 heavy (non-hydrogen) atoms. The van der Waals surface area contributed by atoms with E-state index in [4.69, 9.17) is 11.6 Å². The van der Waals surface area contributed by atoms with Crippen LogP contribution < -0.4 is 10.5 Å². The van der Waals surface area contributed by atoms with Gasteiger partial charge in [0.2, 0.25) is 11.9 Å². The number of rotatable bonds is 6. The molecule has 3 aromatic heterocycles. The van der Waals surface area contributed by atoms with Crippen LogP contribution in [0.15, 0.2) is 35.4 Å². The molecule has 2 fully saturated rings. The second-order valence-corrected chi connectivity index (χ2v) is 9.75. The molecular weight excluding hydrogens is 457 g/mol. The monoisotopic (exact) mass is 481 g/mol. The Morgan fingerprint density at radius 3 is 2.62 bits per heavy atom. The van der Waals surface area contributed by atoms with Crippen LogP contribution in [0.2, 0.25) is 5.02 Å². The normalized spacial score (nSPS) is 17.1. The molecule has 0 amide bonds. The van der Waals surface area contributed by atoms with Gasteiger partial charge in [-0.05, 0) is 62.6 Å². The number of benzene rings is 1. The Morgan fingerprint density at radius 1 is 1.12 bits per heavy atom. The molecule has 4 heterocycles. The molecular formula is C24H25ClFN7O. The molecule has 1 aliphatic heterocycles. The lowest BCUT2D eigenvalue weighted by molar-refractivity contribution is 0.378. The van der Waals surface area contributed by atoms with E-state index in [1.807, 2.05) is 12.1 Å². The summed E-state index contributed by atoms with van der Waals surface area (Å²) in [6.07, 6.45) is 8.35. The standard InChI is InChI=1S/C24H25ClFN7O/c25-16-4-6-19-20(11-16)30-24(29-19)33-22(34)18(21(31-33)15-2-3-15)5-1-14-7-9-32(10-8-14)23-27-12-17(26)13-28-23/h4,6,11-15,31H,1-3,5,7-10H2,(H,29,30). The van der Waals surface area contributed by atoms with Gasteiger partial charge in [-0.3, -0.25) is 9.89 Å². The summed E-state index contributed by atoms with van der Waals surface area (Å²) in [7, 11) is 0. The minimum atomic E-state index is -0.422. The third-order valence-electron chi connectivity index (χ3n) is 6.95. The zero-order valence-electron chi connectivity index (χ0n) is 18.6. The van der Waals surface area contributed by atoms with Crippen LogP contribution in [0.3, 0.4) is 0 Å². The van der Waals surface area contributed by atoms with Crippen LogP contribution in [0, 0.1) is 11.7 Å². The average Bonchev–Trinajstić information content (AvgIpc) is 3.52. The van der Waals surface area contributed by atoms with E-state index < -0.39 is 5.82 Å². The molecule has 0 bridgehead atoms. The maximum atomic E-state index is 13.4. The van der Waals surface area contributed by atoms with Crippen LogP contribution in [-0.2, 0) is 6.42 Å². The summed E-state index contributed by atoms with van der Waals surface area (Å²) in [5.74, 6) is 1.60. The molecule has 10 heteroatoms. The van der Waals surface area contributed by atoms with Crippen molar-refractivity contribution in [3.8, 4) is 5.95 Å². The van der Waals surface area contributed by atoms with Crippen molar-refractivity contribution in [1.29, 1.82) is 0 Å². The van der Waals surface area contributed by atoms with Gasteiger partial charge in [0.05, 0.1) is 23.4 Å². The molecule has 0 unspecified atom stereocenters. The number of hydrogen-bond donors (Lipinski definition) is 2. The van der Waals surface area contributed by atoms with E-state index >= 15 is 0 Å². The minimum Gasteiger partial charge on any atom is -0.341 e. The lowest BCUT2D eigenvalue weighted by Crippen LogP contribution is -2.35. The first-order valence-corrected chi connectivity index (χ1v) is 12.1. The molecule has 2 N–H and O–H groups in total.